The highest BCUT2D eigenvalue weighted by Crippen LogP contribution is 2.34. The summed E-state index contributed by atoms with van der Waals surface area (Å²) in [6.07, 6.45) is 5.94. The third kappa shape index (κ3) is 0.913. The Balaban J connectivity index is 2.04. The molecule has 1 heterocycles. The molecule has 0 aromatic rings. The van der Waals surface area contributed by atoms with Gasteiger partial charge in [0.1, 0.15) is 0 Å². The van der Waals surface area contributed by atoms with Crippen molar-refractivity contribution in [2.45, 2.75) is 26.2 Å². The maximum absolute atomic E-state index is 4.33. The summed E-state index contributed by atoms with van der Waals surface area (Å²) in [6.45, 7) is 2.15. The summed E-state index contributed by atoms with van der Waals surface area (Å²) < 4.78 is 0. The van der Waals surface area contributed by atoms with E-state index in [0.29, 0.717) is 0 Å². The Morgan fingerprint density at radius 1 is 1.56 bits per heavy atom. The highest BCUT2D eigenvalue weighted by Gasteiger charge is 2.28. The SMILES string of the molecule is CC1=CN=C(C2CC2)C1. The van der Waals surface area contributed by atoms with Crippen LogP contribution in [0.5, 0.6) is 0 Å². The zero-order chi connectivity index (χ0) is 6.27. The summed E-state index contributed by atoms with van der Waals surface area (Å²) in [4.78, 5) is 4.33. The minimum absolute atomic E-state index is 0.874. The number of rotatable bonds is 1. The van der Waals surface area contributed by atoms with Crippen molar-refractivity contribution in [3.63, 3.8) is 0 Å². The number of allylic oxidation sites excluding steroid dienone is 1. The number of aliphatic imine (C=N–C) groups is 1. The normalized spacial score (nSPS) is 25.9. The van der Waals surface area contributed by atoms with Gasteiger partial charge < -0.3 is 0 Å². The van der Waals surface area contributed by atoms with Crippen LogP contribution in [0.1, 0.15) is 26.2 Å². The van der Waals surface area contributed by atoms with E-state index in [2.05, 4.69) is 11.9 Å². The Morgan fingerprint density at radius 2 is 2.33 bits per heavy atom. The molecular formula is C8H11N. The lowest BCUT2D eigenvalue weighted by Gasteiger charge is -1.93. The fourth-order valence-corrected chi connectivity index (χ4v) is 1.24. The lowest BCUT2D eigenvalue weighted by molar-refractivity contribution is 1.13. The molecule has 2 rings (SSSR count). The van der Waals surface area contributed by atoms with Gasteiger partial charge in [0.25, 0.3) is 0 Å². The van der Waals surface area contributed by atoms with Crippen LogP contribution in [0.4, 0.5) is 0 Å². The molecule has 0 spiro atoms. The molecule has 0 aromatic carbocycles. The smallest absolute Gasteiger partial charge is 0.0260 e. The molecule has 0 atom stereocenters. The van der Waals surface area contributed by atoms with Gasteiger partial charge in [0, 0.05) is 18.3 Å². The number of hydrogen-bond acceptors (Lipinski definition) is 1. The minimum atomic E-state index is 0.874. The van der Waals surface area contributed by atoms with Crippen LogP contribution in [0.15, 0.2) is 16.8 Å². The van der Waals surface area contributed by atoms with Crippen LogP contribution in [0, 0.1) is 5.92 Å². The highest BCUT2D eigenvalue weighted by atomic mass is 14.8. The average Bonchev–Trinajstić information content (AvgIpc) is 2.58. The minimum Gasteiger partial charge on any atom is -0.265 e. The first-order chi connectivity index (χ1) is 4.36. The molecule has 9 heavy (non-hydrogen) atoms. The van der Waals surface area contributed by atoms with Crippen LogP contribution in [0.2, 0.25) is 0 Å². The van der Waals surface area contributed by atoms with E-state index in [4.69, 9.17) is 0 Å². The molecule has 2 aliphatic rings. The van der Waals surface area contributed by atoms with Crippen LogP contribution in [-0.4, -0.2) is 5.71 Å². The van der Waals surface area contributed by atoms with E-state index in [9.17, 15) is 0 Å². The first kappa shape index (κ1) is 5.21. The van der Waals surface area contributed by atoms with Gasteiger partial charge in [-0.2, -0.15) is 0 Å². The van der Waals surface area contributed by atoms with Crippen LogP contribution >= 0.6 is 0 Å². The summed E-state index contributed by atoms with van der Waals surface area (Å²) in [5, 5.41) is 0. The Bertz CT molecular complexity index is 185. The van der Waals surface area contributed by atoms with Crippen LogP contribution in [-0.2, 0) is 0 Å². The molecule has 1 aliphatic heterocycles. The first-order valence-electron chi connectivity index (χ1n) is 3.58. The van der Waals surface area contributed by atoms with Crippen LogP contribution in [0.25, 0.3) is 0 Å². The molecule has 1 aliphatic carbocycles. The molecule has 0 amide bonds. The monoisotopic (exact) mass is 121 g/mol. The Kier molecular flexibility index (Phi) is 0.981. The third-order valence-corrected chi connectivity index (χ3v) is 1.96. The molecule has 1 saturated carbocycles. The summed E-state index contributed by atoms with van der Waals surface area (Å²) in [6, 6.07) is 0. The van der Waals surface area contributed by atoms with Gasteiger partial charge in [-0.15, -0.1) is 0 Å². The molecule has 48 valence electrons. The quantitative estimate of drug-likeness (QED) is 0.504. The fourth-order valence-electron chi connectivity index (χ4n) is 1.24. The van der Waals surface area contributed by atoms with Crippen molar-refractivity contribution in [3.8, 4) is 0 Å². The van der Waals surface area contributed by atoms with Gasteiger partial charge in [0.05, 0.1) is 0 Å². The molecule has 0 N–H and O–H groups in total. The van der Waals surface area contributed by atoms with Gasteiger partial charge in [-0.3, -0.25) is 4.99 Å². The van der Waals surface area contributed by atoms with E-state index in [1.54, 1.807) is 0 Å². The van der Waals surface area contributed by atoms with Gasteiger partial charge in [-0.05, 0) is 31.3 Å². The zero-order valence-electron chi connectivity index (χ0n) is 5.72. The van der Waals surface area contributed by atoms with Crippen molar-refractivity contribution in [1.29, 1.82) is 0 Å². The first-order valence-corrected chi connectivity index (χ1v) is 3.58. The number of hydrogen-bond donors (Lipinski definition) is 0. The second kappa shape index (κ2) is 1.69. The van der Waals surface area contributed by atoms with Crippen molar-refractivity contribution in [2.75, 3.05) is 0 Å². The van der Waals surface area contributed by atoms with Gasteiger partial charge in [0.15, 0.2) is 0 Å². The predicted molar refractivity (Wildman–Crippen MR) is 38.5 cm³/mol. The predicted octanol–water partition coefficient (Wildman–Crippen LogP) is 2.14. The fraction of sp³-hybridized carbons (Fsp3) is 0.625. The van der Waals surface area contributed by atoms with Gasteiger partial charge in [-0.25, -0.2) is 0 Å². The van der Waals surface area contributed by atoms with Crippen LogP contribution in [0.3, 0.4) is 0 Å². The lowest BCUT2D eigenvalue weighted by atomic mass is 10.1. The van der Waals surface area contributed by atoms with E-state index < -0.39 is 0 Å². The summed E-state index contributed by atoms with van der Waals surface area (Å²) in [5.41, 5.74) is 2.87. The van der Waals surface area contributed by atoms with E-state index in [-0.39, 0.29) is 0 Å². The standard InChI is InChI=1S/C8H11N/c1-6-4-8(9-5-6)7-2-3-7/h5,7H,2-4H2,1H3. The van der Waals surface area contributed by atoms with Crippen molar-refractivity contribution in [1.82, 2.24) is 0 Å². The van der Waals surface area contributed by atoms with Gasteiger partial charge in [-0.1, -0.05) is 0 Å². The third-order valence-electron chi connectivity index (χ3n) is 1.96. The van der Waals surface area contributed by atoms with Gasteiger partial charge >= 0.3 is 0 Å². The summed E-state index contributed by atoms with van der Waals surface area (Å²) in [5.74, 6) is 0.874. The second-order valence-electron chi connectivity index (χ2n) is 3.05. The van der Waals surface area contributed by atoms with E-state index in [1.165, 1.54) is 24.1 Å². The van der Waals surface area contributed by atoms with Crippen molar-refractivity contribution in [2.24, 2.45) is 10.9 Å². The molecular weight excluding hydrogens is 110 g/mol. The van der Waals surface area contributed by atoms with Gasteiger partial charge in [0.2, 0.25) is 0 Å². The summed E-state index contributed by atoms with van der Waals surface area (Å²) in [7, 11) is 0. The molecule has 0 saturated heterocycles. The van der Waals surface area contributed by atoms with Crippen molar-refractivity contribution in [3.05, 3.63) is 11.8 Å². The topological polar surface area (TPSA) is 12.4 Å². The highest BCUT2D eigenvalue weighted by molar-refractivity contribution is 5.92. The second-order valence-corrected chi connectivity index (χ2v) is 3.05. The van der Waals surface area contributed by atoms with Crippen LogP contribution < -0.4 is 0 Å². The molecule has 0 unspecified atom stereocenters. The molecule has 0 radical (unpaired) electrons. The molecule has 1 heteroatoms. The van der Waals surface area contributed by atoms with Crippen molar-refractivity contribution < 1.29 is 0 Å². The molecule has 1 nitrogen and oxygen atoms in total. The lowest BCUT2D eigenvalue weighted by Crippen LogP contribution is -1.95. The summed E-state index contributed by atoms with van der Waals surface area (Å²) >= 11 is 0. The zero-order valence-corrected chi connectivity index (χ0v) is 5.72. The Morgan fingerprint density at radius 3 is 2.78 bits per heavy atom. The molecule has 0 bridgehead atoms. The molecule has 0 aromatic heterocycles. The maximum Gasteiger partial charge on any atom is 0.0260 e. The number of nitrogens with zero attached hydrogens (tertiary/aromatic N) is 1. The Hall–Kier alpha value is -0.590. The van der Waals surface area contributed by atoms with E-state index >= 15 is 0 Å². The van der Waals surface area contributed by atoms with Crippen molar-refractivity contribution >= 4 is 5.71 Å². The largest absolute Gasteiger partial charge is 0.265 e. The molecule has 1 fully saturated rings. The van der Waals surface area contributed by atoms with E-state index in [1.807, 2.05) is 6.20 Å². The van der Waals surface area contributed by atoms with E-state index in [0.717, 1.165) is 12.3 Å². The Labute approximate surface area is 55.5 Å². The maximum atomic E-state index is 4.33. The average molecular weight is 121 g/mol.